The molecule has 2 heterocycles. The van der Waals surface area contributed by atoms with Crippen LogP contribution in [0.4, 0.5) is 5.69 Å². The zero-order valence-electron chi connectivity index (χ0n) is 16.9. The summed E-state index contributed by atoms with van der Waals surface area (Å²) in [5.41, 5.74) is 2.23. The minimum absolute atomic E-state index is 0.0603. The molecular weight excluding hydrogens is 418 g/mol. The Morgan fingerprint density at radius 1 is 1.00 bits per heavy atom. The number of fused-ring (bicyclic) bond motifs is 1. The molecule has 5 nitrogen and oxygen atoms in total. The van der Waals surface area contributed by atoms with Gasteiger partial charge < -0.3 is 0 Å². The second kappa shape index (κ2) is 7.45. The third-order valence-electron chi connectivity index (χ3n) is 4.94. The normalized spacial score (nSPS) is 12.3. The molecule has 0 saturated heterocycles. The first kappa shape index (κ1) is 20.4. The van der Waals surface area contributed by atoms with E-state index < -0.39 is 10.0 Å². The number of pyridine rings is 1. The van der Waals surface area contributed by atoms with Gasteiger partial charge in [-0.15, -0.1) is 0 Å². The van der Waals surface area contributed by atoms with Crippen molar-refractivity contribution in [1.29, 1.82) is 0 Å². The van der Waals surface area contributed by atoms with E-state index in [9.17, 15) is 8.42 Å². The Balaban J connectivity index is 1.75. The van der Waals surface area contributed by atoms with Crippen molar-refractivity contribution in [3.05, 3.63) is 83.6 Å². The minimum atomic E-state index is -3.82. The fraction of sp³-hybridized carbons (Fsp3) is 0.174. The Labute approximate surface area is 181 Å². The summed E-state index contributed by atoms with van der Waals surface area (Å²) >= 11 is 6.14. The lowest BCUT2D eigenvalue weighted by Gasteiger charge is -2.19. The molecular formula is C23H22ClN3O2S. The van der Waals surface area contributed by atoms with Gasteiger partial charge in [-0.05, 0) is 46.7 Å². The second-order valence-electron chi connectivity index (χ2n) is 8.15. The molecule has 0 saturated carbocycles. The number of sulfonamides is 1. The first-order valence-electron chi connectivity index (χ1n) is 9.50. The molecule has 0 amide bonds. The minimum Gasteiger partial charge on any atom is -0.299 e. The Bertz CT molecular complexity index is 1320. The molecule has 0 aliphatic rings. The lowest BCUT2D eigenvalue weighted by molar-refractivity contribution is 0.587. The number of hydrogen-bond acceptors (Lipinski definition) is 3. The van der Waals surface area contributed by atoms with Crippen LogP contribution in [-0.4, -0.2) is 18.0 Å². The first-order valence-corrected chi connectivity index (χ1v) is 11.4. The van der Waals surface area contributed by atoms with Crippen LogP contribution in [0.1, 0.15) is 26.3 Å². The molecule has 0 fully saturated rings. The first-order chi connectivity index (χ1) is 14.1. The van der Waals surface area contributed by atoms with Crippen molar-refractivity contribution in [1.82, 2.24) is 9.55 Å². The van der Waals surface area contributed by atoms with Gasteiger partial charge in [0, 0.05) is 12.4 Å². The van der Waals surface area contributed by atoms with E-state index >= 15 is 0 Å². The van der Waals surface area contributed by atoms with Gasteiger partial charge >= 0.3 is 0 Å². The second-order valence-corrected chi connectivity index (χ2v) is 10.3. The smallest absolute Gasteiger partial charge is 0.262 e. The Kier molecular flexibility index (Phi) is 5.08. The van der Waals surface area contributed by atoms with Crippen LogP contribution < -0.4 is 4.72 Å². The highest BCUT2D eigenvalue weighted by atomic mass is 35.5. The highest BCUT2D eigenvalue weighted by Gasteiger charge is 2.20. The largest absolute Gasteiger partial charge is 0.299 e. The average Bonchev–Trinajstić information content (AvgIpc) is 3.11. The van der Waals surface area contributed by atoms with E-state index in [2.05, 4.69) is 30.5 Å². The molecule has 0 unspecified atom stereocenters. The zero-order chi connectivity index (χ0) is 21.5. The third kappa shape index (κ3) is 3.93. The molecule has 0 spiro atoms. The Morgan fingerprint density at radius 3 is 2.40 bits per heavy atom. The van der Waals surface area contributed by atoms with Crippen LogP contribution in [-0.2, 0) is 15.4 Å². The number of anilines is 1. The van der Waals surface area contributed by atoms with Gasteiger partial charge in [-0.25, -0.2) is 13.4 Å². The van der Waals surface area contributed by atoms with Crippen LogP contribution in [0.2, 0.25) is 5.02 Å². The van der Waals surface area contributed by atoms with Crippen molar-refractivity contribution in [3.8, 4) is 5.82 Å². The summed E-state index contributed by atoms with van der Waals surface area (Å²) in [4.78, 5) is 4.58. The van der Waals surface area contributed by atoms with Gasteiger partial charge in [0.15, 0.2) is 5.82 Å². The highest BCUT2D eigenvalue weighted by Crippen LogP contribution is 2.29. The summed E-state index contributed by atoms with van der Waals surface area (Å²) in [6, 6.07) is 18.3. The molecule has 1 N–H and O–H groups in total. The van der Waals surface area contributed by atoms with Crippen molar-refractivity contribution in [3.63, 3.8) is 0 Å². The molecule has 0 aliphatic carbocycles. The number of aromatic nitrogens is 2. The molecule has 0 bridgehead atoms. The van der Waals surface area contributed by atoms with Crippen LogP contribution in [0, 0.1) is 0 Å². The number of nitrogens with one attached hydrogen (secondary N) is 1. The van der Waals surface area contributed by atoms with Crippen molar-refractivity contribution >= 4 is 38.2 Å². The number of rotatable bonds is 4. The van der Waals surface area contributed by atoms with E-state index in [1.54, 1.807) is 18.2 Å². The van der Waals surface area contributed by atoms with Gasteiger partial charge in [-0.2, -0.15) is 0 Å². The number of benzene rings is 2. The Hall–Kier alpha value is -2.83. The number of para-hydroxylation sites is 1. The van der Waals surface area contributed by atoms with Crippen LogP contribution >= 0.6 is 11.6 Å². The maximum atomic E-state index is 13.1. The van der Waals surface area contributed by atoms with Crippen molar-refractivity contribution in [2.75, 3.05) is 4.72 Å². The zero-order valence-corrected chi connectivity index (χ0v) is 18.5. The van der Waals surface area contributed by atoms with Crippen LogP contribution in [0.15, 0.2) is 78.0 Å². The van der Waals surface area contributed by atoms with Gasteiger partial charge in [-0.3, -0.25) is 9.29 Å². The SMILES string of the molecule is CC(C)(C)c1ccc(S(=O)(=O)Nc2cc(Cl)cnc2-n2ccc3ccccc32)cc1. The van der Waals surface area contributed by atoms with Gasteiger partial charge in [0.1, 0.15) is 0 Å². The molecule has 7 heteroatoms. The standard InChI is InChI=1S/C23H22ClN3O2S/c1-23(2,3)17-8-10-19(11-9-17)30(28,29)26-20-14-18(24)15-25-22(20)27-13-12-16-6-4-5-7-21(16)27/h4-15,26H,1-3H3. The topological polar surface area (TPSA) is 64.0 Å². The monoisotopic (exact) mass is 439 g/mol. The lowest BCUT2D eigenvalue weighted by atomic mass is 9.87. The van der Waals surface area contributed by atoms with Crippen LogP contribution in [0.25, 0.3) is 16.7 Å². The van der Waals surface area contributed by atoms with Gasteiger partial charge in [0.05, 0.1) is 21.1 Å². The summed E-state index contributed by atoms with van der Waals surface area (Å²) in [6.45, 7) is 6.25. The molecule has 2 aromatic heterocycles. The van der Waals surface area contributed by atoms with Crippen molar-refractivity contribution < 1.29 is 8.42 Å². The molecule has 2 aromatic carbocycles. The summed E-state index contributed by atoms with van der Waals surface area (Å²) in [5, 5.41) is 1.37. The summed E-state index contributed by atoms with van der Waals surface area (Å²) in [7, 11) is -3.82. The third-order valence-corrected chi connectivity index (χ3v) is 6.52. The predicted octanol–water partition coefficient (Wildman–Crippen LogP) is 5.78. The quantitative estimate of drug-likeness (QED) is 0.438. The van der Waals surface area contributed by atoms with Crippen LogP contribution in [0.3, 0.4) is 0 Å². The molecule has 4 aromatic rings. The van der Waals surface area contributed by atoms with E-state index in [0.717, 1.165) is 16.5 Å². The lowest BCUT2D eigenvalue weighted by Crippen LogP contribution is -2.16. The molecule has 0 radical (unpaired) electrons. The fourth-order valence-electron chi connectivity index (χ4n) is 3.30. The fourth-order valence-corrected chi connectivity index (χ4v) is 4.51. The summed E-state index contributed by atoms with van der Waals surface area (Å²) in [5.74, 6) is 0.454. The number of halogens is 1. The van der Waals surface area contributed by atoms with Crippen molar-refractivity contribution in [2.24, 2.45) is 0 Å². The predicted molar refractivity (Wildman–Crippen MR) is 122 cm³/mol. The maximum absolute atomic E-state index is 13.1. The van der Waals surface area contributed by atoms with E-state index in [0.29, 0.717) is 16.5 Å². The van der Waals surface area contributed by atoms with E-state index in [4.69, 9.17) is 11.6 Å². The average molecular weight is 440 g/mol. The number of hydrogen-bond donors (Lipinski definition) is 1. The van der Waals surface area contributed by atoms with Crippen molar-refractivity contribution in [2.45, 2.75) is 31.1 Å². The Morgan fingerprint density at radius 2 is 1.70 bits per heavy atom. The molecule has 0 aliphatic heterocycles. The molecule has 0 atom stereocenters. The van der Waals surface area contributed by atoms with Gasteiger partial charge in [0.25, 0.3) is 10.0 Å². The van der Waals surface area contributed by atoms with E-state index in [1.807, 2.05) is 53.2 Å². The van der Waals surface area contributed by atoms with Gasteiger partial charge in [0.2, 0.25) is 0 Å². The van der Waals surface area contributed by atoms with Gasteiger partial charge in [-0.1, -0.05) is 62.7 Å². The maximum Gasteiger partial charge on any atom is 0.262 e. The highest BCUT2D eigenvalue weighted by molar-refractivity contribution is 7.92. The molecule has 4 rings (SSSR count). The van der Waals surface area contributed by atoms with Crippen LogP contribution in [0.5, 0.6) is 0 Å². The molecule has 30 heavy (non-hydrogen) atoms. The molecule has 154 valence electrons. The van der Waals surface area contributed by atoms with E-state index in [1.165, 1.54) is 6.20 Å². The summed E-state index contributed by atoms with van der Waals surface area (Å²) in [6.07, 6.45) is 3.36. The van der Waals surface area contributed by atoms with E-state index in [-0.39, 0.29) is 10.3 Å². The number of nitrogens with zero attached hydrogens (tertiary/aromatic N) is 2. The summed E-state index contributed by atoms with van der Waals surface area (Å²) < 4.78 is 30.6.